The zero-order chi connectivity index (χ0) is 13.6. The molecule has 5 nitrogen and oxygen atoms in total. The molecular formula is C13H25N3O2. The topological polar surface area (TPSA) is 58.8 Å². The minimum absolute atomic E-state index is 0.0308. The summed E-state index contributed by atoms with van der Waals surface area (Å²) in [5.74, 6) is 0. The van der Waals surface area contributed by atoms with E-state index in [1.807, 2.05) is 20.8 Å². The minimum atomic E-state index is -0.434. The highest BCUT2D eigenvalue weighted by atomic mass is 16.6. The standard InChI is InChI=1S/C13H25N3O2/c1-12(2,3)18-11(17)16-8-6-13(9-16)10(14)5-7-15(13)4/h10H,5-9,14H2,1-4H3. The molecule has 2 heterocycles. The van der Waals surface area contributed by atoms with Crippen molar-refractivity contribution in [2.24, 2.45) is 5.73 Å². The van der Waals surface area contributed by atoms with Crippen LogP contribution in [0.1, 0.15) is 33.6 Å². The lowest BCUT2D eigenvalue weighted by molar-refractivity contribution is 0.0262. The summed E-state index contributed by atoms with van der Waals surface area (Å²) in [7, 11) is 2.10. The number of amides is 1. The number of likely N-dealkylation sites (tertiary alicyclic amines) is 2. The Morgan fingerprint density at radius 3 is 2.56 bits per heavy atom. The van der Waals surface area contributed by atoms with Gasteiger partial charge in [-0.3, -0.25) is 4.90 Å². The van der Waals surface area contributed by atoms with Gasteiger partial charge >= 0.3 is 6.09 Å². The molecule has 18 heavy (non-hydrogen) atoms. The molecule has 5 heteroatoms. The second kappa shape index (κ2) is 4.38. The number of likely N-dealkylation sites (N-methyl/N-ethyl adjacent to an activating group) is 1. The van der Waals surface area contributed by atoms with Crippen molar-refractivity contribution in [3.8, 4) is 0 Å². The molecule has 1 spiro atoms. The van der Waals surface area contributed by atoms with Crippen LogP contribution in [-0.2, 0) is 4.74 Å². The van der Waals surface area contributed by atoms with Crippen LogP contribution in [0, 0.1) is 0 Å². The Hall–Kier alpha value is -0.810. The number of hydrogen-bond acceptors (Lipinski definition) is 4. The summed E-state index contributed by atoms with van der Waals surface area (Å²) in [6.45, 7) is 8.13. The van der Waals surface area contributed by atoms with Crippen LogP contribution in [0.25, 0.3) is 0 Å². The fraction of sp³-hybridized carbons (Fsp3) is 0.923. The molecule has 0 aromatic heterocycles. The summed E-state index contributed by atoms with van der Waals surface area (Å²) in [6, 6.07) is 0.162. The third-order valence-corrected chi connectivity index (χ3v) is 4.16. The van der Waals surface area contributed by atoms with Crippen LogP contribution in [0.5, 0.6) is 0 Å². The Labute approximate surface area is 109 Å². The molecular weight excluding hydrogens is 230 g/mol. The summed E-state index contributed by atoms with van der Waals surface area (Å²) in [5, 5.41) is 0. The van der Waals surface area contributed by atoms with Gasteiger partial charge in [0.25, 0.3) is 0 Å². The van der Waals surface area contributed by atoms with Gasteiger partial charge in [-0.25, -0.2) is 4.79 Å². The van der Waals surface area contributed by atoms with Gasteiger partial charge in [-0.05, 0) is 40.7 Å². The van der Waals surface area contributed by atoms with E-state index in [1.54, 1.807) is 4.90 Å². The first-order valence-corrected chi connectivity index (χ1v) is 6.69. The Morgan fingerprint density at radius 2 is 2.06 bits per heavy atom. The van der Waals surface area contributed by atoms with Crippen molar-refractivity contribution in [3.05, 3.63) is 0 Å². The van der Waals surface area contributed by atoms with Crippen LogP contribution in [0.3, 0.4) is 0 Å². The van der Waals surface area contributed by atoms with Gasteiger partial charge in [-0.2, -0.15) is 0 Å². The first kappa shape index (κ1) is 13.6. The average Bonchev–Trinajstić information content (AvgIpc) is 2.78. The molecule has 2 aliphatic rings. The maximum absolute atomic E-state index is 12.1. The van der Waals surface area contributed by atoms with E-state index >= 15 is 0 Å². The fourth-order valence-electron chi connectivity index (χ4n) is 3.02. The maximum atomic E-state index is 12.1. The minimum Gasteiger partial charge on any atom is -0.444 e. The largest absolute Gasteiger partial charge is 0.444 e. The molecule has 104 valence electrons. The van der Waals surface area contributed by atoms with Crippen molar-refractivity contribution in [2.75, 3.05) is 26.7 Å². The number of rotatable bonds is 0. The number of nitrogens with two attached hydrogens (primary N) is 1. The summed E-state index contributed by atoms with van der Waals surface area (Å²) in [4.78, 5) is 16.2. The van der Waals surface area contributed by atoms with Crippen LogP contribution < -0.4 is 5.73 Å². The lowest BCUT2D eigenvalue weighted by atomic mass is 9.91. The lowest BCUT2D eigenvalue weighted by Gasteiger charge is -2.35. The van der Waals surface area contributed by atoms with Gasteiger partial charge in [0.1, 0.15) is 5.60 Å². The maximum Gasteiger partial charge on any atom is 0.410 e. The van der Waals surface area contributed by atoms with Crippen LogP contribution in [0.2, 0.25) is 0 Å². The zero-order valence-electron chi connectivity index (χ0n) is 11.9. The number of carbonyl (C=O) groups is 1. The van der Waals surface area contributed by atoms with Gasteiger partial charge in [0.05, 0.1) is 5.54 Å². The van der Waals surface area contributed by atoms with Gasteiger partial charge < -0.3 is 15.4 Å². The highest BCUT2D eigenvalue weighted by Crippen LogP contribution is 2.36. The van der Waals surface area contributed by atoms with Crippen LogP contribution in [0.15, 0.2) is 0 Å². The number of carbonyl (C=O) groups excluding carboxylic acids is 1. The highest BCUT2D eigenvalue weighted by molar-refractivity contribution is 5.68. The van der Waals surface area contributed by atoms with Crippen molar-refractivity contribution in [1.29, 1.82) is 0 Å². The molecule has 2 aliphatic heterocycles. The monoisotopic (exact) mass is 255 g/mol. The van der Waals surface area contributed by atoms with E-state index in [0.717, 1.165) is 25.9 Å². The zero-order valence-corrected chi connectivity index (χ0v) is 11.9. The van der Waals surface area contributed by atoms with E-state index in [2.05, 4.69) is 11.9 Å². The Balaban J connectivity index is 2.02. The fourth-order valence-corrected chi connectivity index (χ4v) is 3.02. The third-order valence-electron chi connectivity index (χ3n) is 4.16. The van der Waals surface area contributed by atoms with E-state index in [1.165, 1.54) is 0 Å². The van der Waals surface area contributed by atoms with Crippen molar-refractivity contribution >= 4 is 6.09 Å². The smallest absolute Gasteiger partial charge is 0.410 e. The lowest BCUT2D eigenvalue weighted by Crippen LogP contribution is -2.54. The van der Waals surface area contributed by atoms with Crippen molar-refractivity contribution < 1.29 is 9.53 Å². The molecule has 2 fully saturated rings. The number of ether oxygens (including phenoxy) is 1. The van der Waals surface area contributed by atoms with E-state index in [-0.39, 0.29) is 17.7 Å². The quantitative estimate of drug-likeness (QED) is 0.702. The second-order valence-corrected chi connectivity index (χ2v) is 6.57. The number of hydrogen-bond donors (Lipinski definition) is 1. The molecule has 2 N–H and O–H groups in total. The number of nitrogens with zero attached hydrogens (tertiary/aromatic N) is 2. The Kier molecular flexibility index (Phi) is 3.32. The van der Waals surface area contributed by atoms with E-state index in [9.17, 15) is 4.79 Å². The van der Waals surface area contributed by atoms with Gasteiger partial charge in [-0.15, -0.1) is 0 Å². The molecule has 2 rings (SSSR count). The normalized spacial score (nSPS) is 33.4. The molecule has 1 amide bonds. The molecule has 0 aromatic carbocycles. The molecule has 0 aliphatic carbocycles. The van der Waals surface area contributed by atoms with E-state index in [4.69, 9.17) is 10.5 Å². The Morgan fingerprint density at radius 1 is 1.39 bits per heavy atom. The molecule has 0 aromatic rings. The van der Waals surface area contributed by atoms with E-state index < -0.39 is 5.60 Å². The molecule has 0 radical (unpaired) electrons. The van der Waals surface area contributed by atoms with Crippen molar-refractivity contribution in [3.63, 3.8) is 0 Å². The predicted molar refractivity (Wildman–Crippen MR) is 70.4 cm³/mol. The second-order valence-electron chi connectivity index (χ2n) is 6.57. The highest BCUT2D eigenvalue weighted by Gasteiger charge is 2.51. The van der Waals surface area contributed by atoms with Crippen LogP contribution >= 0.6 is 0 Å². The van der Waals surface area contributed by atoms with Crippen molar-refractivity contribution in [2.45, 2.75) is 50.8 Å². The third kappa shape index (κ3) is 2.34. The molecule has 2 saturated heterocycles. The Bertz CT molecular complexity index is 328. The molecule has 2 atom stereocenters. The predicted octanol–water partition coefficient (Wildman–Crippen LogP) is 1.03. The van der Waals surface area contributed by atoms with Gasteiger partial charge in [0.2, 0.25) is 0 Å². The summed E-state index contributed by atoms with van der Waals surface area (Å²) < 4.78 is 5.42. The summed E-state index contributed by atoms with van der Waals surface area (Å²) in [5.41, 5.74) is 5.77. The molecule has 0 bridgehead atoms. The average molecular weight is 255 g/mol. The summed E-state index contributed by atoms with van der Waals surface area (Å²) >= 11 is 0. The van der Waals surface area contributed by atoms with Crippen molar-refractivity contribution in [1.82, 2.24) is 9.80 Å². The van der Waals surface area contributed by atoms with E-state index in [0.29, 0.717) is 6.54 Å². The van der Waals surface area contributed by atoms with Gasteiger partial charge in [0, 0.05) is 25.7 Å². The molecule has 0 saturated carbocycles. The first-order chi connectivity index (χ1) is 8.24. The summed E-state index contributed by atoms with van der Waals surface area (Å²) in [6.07, 6.45) is 1.75. The van der Waals surface area contributed by atoms with Gasteiger partial charge in [0.15, 0.2) is 0 Å². The first-order valence-electron chi connectivity index (χ1n) is 6.69. The SMILES string of the molecule is CN1CCC(N)C12CCN(C(=O)OC(C)(C)C)C2. The van der Waals surface area contributed by atoms with Crippen LogP contribution in [-0.4, -0.2) is 59.8 Å². The van der Waals surface area contributed by atoms with Gasteiger partial charge in [-0.1, -0.05) is 0 Å². The van der Waals surface area contributed by atoms with Crippen LogP contribution in [0.4, 0.5) is 4.79 Å². The molecule has 2 unspecified atom stereocenters.